The lowest BCUT2D eigenvalue weighted by Crippen LogP contribution is -2.53. The number of hydrogen-bond donors (Lipinski definition) is 1. The topological polar surface area (TPSA) is 58.9 Å². The molecular weight excluding hydrogens is 550 g/mol. The third-order valence-electron chi connectivity index (χ3n) is 7.04. The van der Waals surface area contributed by atoms with Crippen LogP contribution >= 0.6 is 34.8 Å². The normalized spacial score (nSPS) is 18.1. The number of nitrogens with zero attached hydrogens (tertiary/aromatic N) is 3. The number of para-hydroxylation sites is 1. The molecule has 38 heavy (non-hydrogen) atoms. The first-order valence-corrected chi connectivity index (χ1v) is 13.4. The molecule has 1 saturated heterocycles. The second-order valence-electron chi connectivity index (χ2n) is 10.5. The van der Waals surface area contributed by atoms with E-state index in [0.717, 1.165) is 30.5 Å². The molecule has 0 unspecified atom stereocenters. The van der Waals surface area contributed by atoms with Crippen LogP contribution in [-0.2, 0) is 0 Å². The molecule has 0 aliphatic carbocycles. The second-order valence-corrected chi connectivity index (χ2v) is 11.7. The molecule has 1 N–H and O–H groups in total. The molecule has 6 nitrogen and oxygen atoms in total. The van der Waals surface area contributed by atoms with E-state index in [0.29, 0.717) is 46.1 Å². The predicted octanol–water partition coefficient (Wildman–Crippen LogP) is 7.20. The molecule has 2 aliphatic rings. The van der Waals surface area contributed by atoms with Crippen molar-refractivity contribution in [1.82, 2.24) is 14.9 Å². The Balaban J connectivity index is 1.47. The van der Waals surface area contributed by atoms with E-state index in [1.165, 1.54) is 12.3 Å². The number of fused-ring (bicyclic) bond motifs is 2. The van der Waals surface area contributed by atoms with Crippen molar-refractivity contribution in [3.8, 4) is 17.0 Å². The Morgan fingerprint density at radius 2 is 1.89 bits per heavy atom. The lowest BCUT2D eigenvalue weighted by atomic mass is 9.83. The van der Waals surface area contributed by atoms with Crippen molar-refractivity contribution in [2.24, 2.45) is 5.41 Å². The Bertz CT molecular complexity index is 1600. The van der Waals surface area contributed by atoms with E-state index in [2.05, 4.69) is 29.2 Å². The van der Waals surface area contributed by atoms with Crippen molar-refractivity contribution in [3.05, 3.63) is 80.7 Å². The van der Waals surface area contributed by atoms with E-state index in [4.69, 9.17) is 39.5 Å². The maximum absolute atomic E-state index is 14.3. The molecule has 0 bridgehead atoms. The number of ether oxygens (including phenoxy) is 1. The Morgan fingerprint density at radius 3 is 2.66 bits per heavy atom. The number of aromatic nitrogens is 2. The first-order valence-electron chi connectivity index (χ1n) is 12.3. The molecule has 10 heteroatoms. The zero-order valence-corrected chi connectivity index (χ0v) is 23.0. The Morgan fingerprint density at radius 1 is 1.13 bits per heavy atom. The van der Waals surface area contributed by atoms with Gasteiger partial charge in [0.05, 0.1) is 56.4 Å². The molecule has 2 aromatic heterocycles. The largest absolute Gasteiger partial charge is 0.493 e. The van der Waals surface area contributed by atoms with E-state index in [1.807, 2.05) is 24.3 Å². The minimum Gasteiger partial charge on any atom is -0.493 e. The summed E-state index contributed by atoms with van der Waals surface area (Å²) in [7, 11) is 0. The van der Waals surface area contributed by atoms with Gasteiger partial charge >= 0.3 is 0 Å². The molecule has 196 valence electrons. The van der Waals surface area contributed by atoms with Gasteiger partial charge in [0, 0.05) is 30.6 Å². The van der Waals surface area contributed by atoms with Crippen LogP contribution in [0.3, 0.4) is 0 Å². The van der Waals surface area contributed by atoms with Crippen molar-refractivity contribution in [1.29, 1.82) is 0 Å². The van der Waals surface area contributed by atoms with Crippen LogP contribution in [0.15, 0.2) is 48.7 Å². The number of carbonyl (C=O) groups excluding carboxylic acids is 1. The SMILES string of the molecule is CC1(C)CN(c2c(C(=O)N[C@H]3CCOc4ccccc43)cnn3c(-c4cc(F)cc(Cl)c4Cl)c(Cl)cc23)C1. The number of benzene rings is 2. The molecule has 1 fully saturated rings. The highest BCUT2D eigenvalue weighted by atomic mass is 35.5. The van der Waals surface area contributed by atoms with Gasteiger partial charge in [-0.05, 0) is 29.7 Å². The summed E-state index contributed by atoms with van der Waals surface area (Å²) in [6.07, 6.45) is 2.19. The van der Waals surface area contributed by atoms with E-state index in [-0.39, 0.29) is 27.4 Å². The molecule has 4 aromatic rings. The molecule has 0 spiro atoms. The summed E-state index contributed by atoms with van der Waals surface area (Å²) in [5, 5.41) is 8.31. The van der Waals surface area contributed by atoms with Crippen molar-refractivity contribution in [2.45, 2.75) is 26.3 Å². The van der Waals surface area contributed by atoms with Crippen LogP contribution in [0.5, 0.6) is 5.75 Å². The minimum absolute atomic E-state index is 0.0742. The number of halogens is 4. The Labute approximate surface area is 234 Å². The highest BCUT2D eigenvalue weighted by molar-refractivity contribution is 6.44. The highest BCUT2D eigenvalue weighted by Gasteiger charge is 2.38. The van der Waals surface area contributed by atoms with Crippen LogP contribution in [0.4, 0.5) is 10.1 Å². The van der Waals surface area contributed by atoms with Gasteiger partial charge in [-0.15, -0.1) is 0 Å². The molecule has 1 atom stereocenters. The maximum Gasteiger partial charge on any atom is 0.255 e. The summed E-state index contributed by atoms with van der Waals surface area (Å²) in [5.41, 5.74) is 3.52. The first-order chi connectivity index (χ1) is 18.1. The summed E-state index contributed by atoms with van der Waals surface area (Å²) in [4.78, 5) is 15.9. The average molecular weight is 574 g/mol. The molecule has 2 aromatic carbocycles. The molecule has 4 heterocycles. The number of hydrogen-bond acceptors (Lipinski definition) is 4. The minimum atomic E-state index is -0.544. The van der Waals surface area contributed by atoms with Crippen molar-refractivity contribution in [2.75, 3.05) is 24.6 Å². The molecule has 6 rings (SSSR count). The van der Waals surface area contributed by atoms with Crippen molar-refractivity contribution in [3.63, 3.8) is 0 Å². The van der Waals surface area contributed by atoms with E-state index in [9.17, 15) is 9.18 Å². The third kappa shape index (κ3) is 4.27. The van der Waals surface area contributed by atoms with Gasteiger partial charge in [0.1, 0.15) is 11.6 Å². The Kier molecular flexibility index (Phi) is 6.21. The number of nitrogens with one attached hydrogen (secondary N) is 1. The molecule has 2 aliphatic heterocycles. The van der Waals surface area contributed by atoms with Gasteiger partial charge in [0.2, 0.25) is 0 Å². The van der Waals surface area contributed by atoms with Crippen LogP contribution in [0.25, 0.3) is 16.8 Å². The van der Waals surface area contributed by atoms with Gasteiger partial charge in [0.15, 0.2) is 0 Å². The summed E-state index contributed by atoms with van der Waals surface area (Å²) in [6, 6.07) is 11.7. The third-order valence-corrected chi connectivity index (χ3v) is 8.13. The first kappa shape index (κ1) is 25.3. The predicted molar refractivity (Wildman–Crippen MR) is 148 cm³/mol. The van der Waals surface area contributed by atoms with Gasteiger partial charge in [-0.3, -0.25) is 4.79 Å². The van der Waals surface area contributed by atoms with Gasteiger partial charge in [-0.2, -0.15) is 5.10 Å². The average Bonchev–Trinajstić information content (AvgIpc) is 3.20. The van der Waals surface area contributed by atoms with Crippen LogP contribution in [-0.4, -0.2) is 35.2 Å². The summed E-state index contributed by atoms with van der Waals surface area (Å²) in [6.45, 7) is 6.35. The number of amides is 1. The van der Waals surface area contributed by atoms with Crippen molar-refractivity contribution < 1.29 is 13.9 Å². The van der Waals surface area contributed by atoms with E-state index < -0.39 is 5.82 Å². The lowest BCUT2D eigenvalue weighted by molar-refractivity contribution is 0.0924. The fourth-order valence-corrected chi connectivity index (χ4v) is 6.11. The lowest BCUT2D eigenvalue weighted by Gasteiger charge is -2.48. The number of rotatable bonds is 4. The van der Waals surface area contributed by atoms with Crippen molar-refractivity contribution >= 4 is 51.9 Å². The summed E-state index contributed by atoms with van der Waals surface area (Å²) in [5.74, 6) is -0.0130. The fourth-order valence-electron chi connectivity index (χ4n) is 5.42. The van der Waals surface area contributed by atoms with E-state index >= 15 is 0 Å². The summed E-state index contributed by atoms with van der Waals surface area (Å²) >= 11 is 19.3. The highest BCUT2D eigenvalue weighted by Crippen LogP contribution is 2.44. The fraction of sp³-hybridized carbons (Fsp3) is 0.286. The van der Waals surface area contributed by atoms with Crippen LogP contribution in [0.1, 0.15) is 42.2 Å². The van der Waals surface area contributed by atoms with Crippen LogP contribution < -0.4 is 15.0 Å². The van der Waals surface area contributed by atoms with Gasteiger partial charge in [0.25, 0.3) is 5.91 Å². The second kappa shape index (κ2) is 9.33. The maximum atomic E-state index is 14.3. The van der Waals surface area contributed by atoms with Gasteiger partial charge in [-0.25, -0.2) is 8.91 Å². The summed E-state index contributed by atoms with van der Waals surface area (Å²) < 4.78 is 21.7. The van der Waals surface area contributed by atoms with Gasteiger partial charge in [-0.1, -0.05) is 66.8 Å². The van der Waals surface area contributed by atoms with E-state index in [1.54, 1.807) is 10.6 Å². The van der Waals surface area contributed by atoms with Crippen LogP contribution in [0.2, 0.25) is 15.1 Å². The zero-order valence-electron chi connectivity index (χ0n) is 20.7. The van der Waals surface area contributed by atoms with Crippen LogP contribution in [0, 0.1) is 11.2 Å². The Hall–Kier alpha value is -3.00. The molecule has 0 radical (unpaired) electrons. The molecular formula is C28H24Cl3FN4O2. The molecule has 1 amide bonds. The molecule has 0 saturated carbocycles. The zero-order chi connectivity index (χ0) is 26.8. The smallest absolute Gasteiger partial charge is 0.255 e. The number of carbonyl (C=O) groups is 1. The number of anilines is 1. The quantitative estimate of drug-likeness (QED) is 0.262. The monoisotopic (exact) mass is 572 g/mol. The van der Waals surface area contributed by atoms with Gasteiger partial charge < -0.3 is 15.0 Å². The standard InChI is InChI=1S/C28H24Cl3FN4O2/c1-28(2)13-35(14-28)26-18(27(37)34-21-7-8-38-23-6-4-3-5-16(21)23)12-33-36-22(26)11-20(30)25(36)17-9-15(32)10-19(29)24(17)31/h3-6,9-12,21H,7-8,13-14H2,1-2H3,(H,34,37)/t21-/m0/s1.